The minimum Gasteiger partial charge on any atom is -0.342 e. The molecule has 2 rings (SSSR count). The minimum absolute atomic E-state index is 0.143. The highest BCUT2D eigenvalue weighted by molar-refractivity contribution is 8.04. The topological polar surface area (TPSA) is 40.6 Å². The lowest BCUT2D eigenvalue weighted by atomic mass is 10.2. The van der Waals surface area contributed by atoms with Gasteiger partial charge in [-0.15, -0.1) is 6.58 Å². The molecule has 0 N–H and O–H groups in total. The van der Waals surface area contributed by atoms with Crippen molar-refractivity contribution in [3.8, 4) is 0 Å². The molecule has 1 aromatic carbocycles. The van der Waals surface area contributed by atoms with Gasteiger partial charge in [0.2, 0.25) is 5.91 Å². The van der Waals surface area contributed by atoms with E-state index in [9.17, 15) is 9.59 Å². The number of rotatable bonds is 5. The van der Waals surface area contributed by atoms with Crippen molar-refractivity contribution >= 4 is 29.3 Å². The Kier molecular flexibility index (Phi) is 5.44. The molecule has 0 aromatic heterocycles. The predicted molar refractivity (Wildman–Crippen MR) is 90.9 cm³/mol. The molecule has 0 aliphatic carbocycles. The van der Waals surface area contributed by atoms with Crippen LogP contribution in [0.4, 0.5) is 5.69 Å². The molecule has 0 saturated heterocycles. The lowest BCUT2D eigenvalue weighted by Crippen LogP contribution is -2.35. The van der Waals surface area contributed by atoms with Gasteiger partial charge in [-0.2, -0.15) is 0 Å². The van der Waals surface area contributed by atoms with E-state index < -0.39 is 0 Å². The fourth-order valence-electron chi connectivity index (χ4n) is 2.24. The third kappa shape index (κ3) is 3.42. The van der Waals surface area contributed by atoms with Crippen LogP contribution in [0.15, 0.2) is 52.8 Å². The average Bonchev–Trinajstić information content (AvgIpc) is 2.51. The highest BCUT2D eigenvalue weighted by Gasteiger charge is 2.28. The molecule has 0 spiro atoms. The Morgan fingerprint density at radius 2 is 2.14 bits per heavy atom. The first-order chi connectivity index (χ1) is 10.6. The molecule has 1 aromatic rings. The Labute approximate surface area is 135 Å². The van der Waals surface area contributed by atoms with Crippen molar-refractivity contribution in [2.45, 2.75) is 18.2 Å². The van der Waals surface area contributed by atoms with Gasteiger partial charge in [0.15, 0.2) is 0 Å². The first kappa shape index (κ1) is 16.4. The van der Waals surface area contributed by atoms with E-state index in [0.29, 0.717) is 18.0 Å². The maximum atomic E-state index is 12.6. The summed E-state index contributed by atoms with van der Waals surface area (Å²) in [6.45, 7) is 6.82. The molecule has 0 bridgehead atoms. The van der Waals surface area contributed by atoms with Crippen LogP contribution in [-0.2, 0) is 9.59 Å². The third-order valence-corrected chi connectivity index (χ3v) is 4.41. The van der Waals surface area contributed by atoms with Gasteiger partial charge in [-0.3, -0.25) is 9.59 Å². The number of thioether (sulfide) groups is 1. The van der Waals surface area contributed by atoms with E-state index in [1.165, 1.54) is 17.8 Å². The SMILES string of the molecule is C=CCN1C(=O)/C(=C\C(=O)N(C)CCC)Sc2ccccc21. The van der Waals surface area contributed by atoms with Crippen LogP contribution in [0.2, 0.25) is 0 Å². The lowest BCUT2D eigenvalue weighted by molar-refractivity contribution is -0.125. The number of likely N-dealkylation sites (N-methyl/N-ethyl adjacent to an activating group) is 1. The Morgan fingerprint density at radius 3 is 2.82 bits per heavy atom. The predicted octanol–water partition coefficient (Wildman–Crippen LogP) is 3.06. The highest BCUT2D eigenvalue weighted by atomic mass is 32.2. The Morgan fingerprint density at radius 1 is 1.41 bits per heavy atom. The molecule has 2 amide bonds. The normalized spacial score (nSPS) is 15.6. The van der Waals surface area contributed by atoms with Crippen LogP contribution in [0, 0.1) is 0 Å². The summed E-state index contributed by atoms with van der Waals surface area (Å²) in [5, 5.41) is 0. The van der Waals surface area contributed by atoms with Crippen LogP contribution in [0.1, 0.15) is 13.3 Å². The van der Waals surface area contributed by atoms with Crippen LogP contribution in [-0.4, -0.2) is 36.9 Å². The van der Waals surface area contributed by atoms with Crippen molar-refractivity contribution in [1.29, 1.82) is 0 Å². The molecule has 0 saturated carbocycles. The number of fused-ring (bicyclic) bond motifs is 1. The second kappa shape index (κ2) is 7.31. The van der Waals surface area contributed by atoms with Gasteiger partial charge in [0.05, 0.1) is 10.6 Å². The number of benzene rings is 1. The summed E-state index contributed by atoms with van der Waals surface area (Å²) >= 11 is 1.35. The van der Waals surface area contributed by atoms with E-state index in [2.05, 4.69) is 6.58 Å². The summed E-state index contributed by atoms with van der Waals surface area (Å²) in [6.07, 6.45) is 4.01. The van der Waals surface area contributed by atoms with E-state index in [1.54, 1.807) is 22.9 Å². The summed E-state index contributed by atoms with van der Waals surface area (Å²) < 4.78 is 0. The van der Waals surface area contributed by atoms with Crippen molar-refractivity contribution in [2.75, 3.05) is 25.0 Å². The number of hydrogen-bond acceptors (Lipinski definition) is 3. The Bertz CT molecular complexity index is 625. The van der Waals surface area contributed by atoms with Gasteiger partial charge >= 0.3 is 0 Å². The van der Waals surface area contributed by atoms with Crippen LogP contribution < -0.4 is 4.90 Å². The zero-order valence-electron chi connectivity index (χ0n) is 12.9. The van der Waals surface area contributed by atoms with Gasteiger partial charge in [-0.05, 0) is 18.6 Å². The number of hydrogen-bond donors (Lipinski definition) is 0. The first-order valence-electron chi connectivity index (χ1n) is 7.25. The average molecular weight is 316 g/mol. The maximum Gasteiger partial charge on any atom is 0.265 e. The largest absolute Gasteiger partial charge is 0.342 e. The van der Waals surface area contributed by atoms with E-state index in [-0.39, 0.29) is 11.8 Å². The van der Waals surface area contributed by atoms with Crippen LogP contribution in [0.25, 0.3) is 0 Å². The molecule has 1 aliphatic heterocycles. The number of carbonyl (C=O) groups excluding carboxylic acids is 2. The second-order valence-corrected chi connectivity index (χ2v) is 6.13. The highest BCUT2D eigenvalue weighted by Crippen LogP contribution is 2.41. The molecule has 0 radical (unpaired) electrons. The van der Waals surface area contributed by atoms with Crippen LogP contribution in [0.3, 0.4) is 0 Å². The molecular formula is C17H20N2O2S. The number of amides is 2. The fourth-order valence-corrected chi connectivity index (χ4v) is 3.26. The van der Waals surface area contributed by atoms with Gasteiger partial charge in [0, 0.05) is 31.1 Å². The summed E-state index contributed by atoms with van der Waals surface area (Å²) in [5.74, 6) is -0.294. The molecule has 4 nitrogen and oxygen atoms in total. The van der Waals surface area contributed by atoms with Crippen molar-refractivity contribution in [3.63, 3.8) is 0 Å². The zero-order chi connectivity index (χ0) is 16.1. The first-order valence-corrected chi connectivity index (χ1v) is 8.06. The van der Waals surface area contributed by atoms with Gasteiger partial charge in [0.1, 0.15) is 0 Å². The standard InChI is InChI=1S/C17H20N2O2S/c1-4-10-18(3)16(20)12-15-17(21)19(11-5-2)13-8-6-7-9-14(13)22-15/h5-9,12H,2,4,10-11H2,1,3H3/b15-12+. The van der Waals surface area contributed by atoms with Crippen molar-refractivity contribution < 1.29 is 9.59 Å². The monoisotopic (exact) mass is 316 g/mol. The third-order valence-electron chi connectivity index (χ3n) is 3.33. The summed E-state index contributed by atoms with van der Waals surface area (Å²) in [4.78, 5) is 29.5. The Balaban J connectivity index is 2.33. The molecule has 5 heteroatoms. The van der Waals surface area contributed by atoms with Crippen LogP contribution in [0.5, 0.6) is 0 Å². The number of anilines is 1. The lowest BCUT2D eigenvalue weighted by Gasteiger charge is -2.29. The maximum absolute atomic E-state index is 12.6. The fraction of sp³-hybridized carbons (Fsp3) is 0.294. The van der Waals surface area contributed by atoms with Gasteiger partial charge in [0.25, 0.3) is 5.91 Å². The van der Waals surface area contributed by atoms with Gasteiger partial charge in [-0.1, -0.05) is 36.9 Å². The molecule has 1 heterocycles. The van der Waals surface area contributed by atoms with E-state index >= 15 is 0 Å². The number of nitrogens with zero attached hydrogens (tertiary/aromatic N) is 2. The Hall–Kier alpha value is -2.01. The second-order valence-electron chi connectivity index (χ2n) is 5.04. The molecule has 1 aliphatic rings. The van der Waals surface area contributed by atoms with Gasteiger partial charge in [-0.25, -0.2) is 0 Å². The molecule has 0 atom stereocenters. The molecule has 116 valence electrons. The van der Waals surface area contributed by atoms with Crippen molar-refractivity contribution in [2.24, 2.45) is 0 Å². The van der Waals surface area contributed by atoms with Crippen molar-refractivity contribution in [1.82, 2.24) is 4.90 Å². The summed E-state index contributed by atoms with van der Waals surface area (Å²) in [7, 11) is 1.75. The van der Waals surface area contributed by atoms with E-state index in [0.717, 1.165) is 17.0 Å². The minimum atomic E-state index is -0.151. The zero-order valence-corrected chi connectivity index (χ0v) is 13.7. The molecule has 0 unspecified atom stereocenters. The van der Waals surface area contributed by atoms with E-state index in [1.807, 2.05) is 31.2 Å². The molecule has 0 fully saturated rings. The molecular weight excluding hydrogens is 296 g/mol. The van der Waals surface area contributed by atoms with Gasteiger partial charge < -0.3 is 9.80 Å². The van der Waals surface area contributed by atoms with Crippen LogP contribution >= 0.6 is 11.8 Å². The molecule has 22 heavy (non-hydrogen) atoms. The van der Waals surface area contributed by atoms with E-state index in [4.69, 9.17) is 0 Å². The summed E-state index contributed by atoms with van der Waals surface area (Å²) in [6, 6.07) is 7.69. The quantitative estimate of drug-likeness (QED) is 0.619. The number of para-hydroxylation sites is 1. The van der Waals surface area contributed by atoms with Crippen molar-refractivity contribution in [3.05, 3.63) is 47.9 Å². The smallest absolute Gasteiger partial charge is 0.265 e. The summed E-state index contributed by atoms with van der Waals surface area (Å²) in [5.41, 5.74) is 0.865. The number of carbonyl (C=O) groups is 2.